The molecule has 3 N–H and O–H groups in total. The molecule has 0 bridgehead atoms. The molecule has 2 aromatic rings. The number of benzene rings is 1. The van der Waals surface area contributed by atoms with Crippen molar-refractivity contribution in [3.8, 4) is 5.75 Å². The van der Waals surface area contributed by atoms with Crippen LogP contribution in [-0.4, -0.2) is 30.6 Å². The van der Waals surface area contributed by atoms with E-state index in [0.717, 1.165) is 4.88 Å². The first-order valence-corrected chi connectivity index (χ1v) is 9.71. The summed E-state index contributed by atoms with van der Waals surface area (Å²) in [4.78, 5) is 36.9. The van der Waals surface area contributed by atoms with E-state index >= 15 is 0 Å². The highest BCUT2D eigenvalue weighted by Crippen LogP contribution is 2.29. The van der Waals surface area contributed by atoms with Gasteiger partial charge in [-0.2, -0.15) is 0 Å². The molecule has 8 nitrogen and oxygen atoms in total. The van der Waals surface area contributed by atoms with Crippen LogP contribution in [0, 0.1) is 0 Å². The van der Waals surface area contributed by atoms with Gasteiger partial charge in [0.15, 0.2) is 0 Å². The van der Waals surface area contributed by atoms with Gasteiger partial charge in [-0.05, 0) is 51.1 Å². The van der Waals surface area contributed by atoms with Crippen molar-refractivity contribution in [2.24, 2.45) is 0 Å². The van der Waals surface area contributed by atoms with Crippen molar-refractivity contribution in [2.45, 2.75) is 39.8 Å². The topological polar surface area (TPSA) is 106 Å². The lowest BCUT2D eigenvalue weighted by atomic mass is 10.2. The third-order valence-corrected chi connectivity index (χ3v) is 4.57. The van der Waals surface area contributed by atoms with Gasteiger partial charge in [0.1, 0.15) is 11.4 Å². The summed E-state index contributed by atoms with van der Waals surface area (Å²) >= 11 is 1.29. The highest BCUT2D eigenvalue weighted by Gasteiger charge is 2.18. The van der Waals surface area contributed by atoms with Gasteiger partial charge in [-0.3, -0.25) is 14.9 Å². The highest BCUT2D eigenvalue weighted by atomic mass is 32.1. The molecule has 3 amide bonds. The van der Waals surface area contributed by atoms with Gasteiger partial charge in [0.05, 0.1) is 24.2 Å². The fourth-order valence-electron chi connectivity index (χ4n) is 2.30. The maximum absolute atomic E-state index is 12.5. The molecule has 0 aliphatic heterocycles. The van der Waals surface area contributed by atoms with Gasteiger partial charge in [-0.15, -0.1) is 11.3 Å². The number of amides is 3. The van der Waals surface area contributed by atoms with Crippen LogP contribution in [0.15, 0.2) is 30.3 Å². The van der Waals surface area contributed by atoms with Crippen LogP contribution in [0.1, 0.15) is 42.2 Å². The number of anilines is 2. The first-order valence-electron chi connectivity index (χ1n) is 8.90. The summed E-state index contributed by atoms with van der Waals surface area (Å²) in [6.45, 7) is 7.11. The summed E-state index contributed by atoms with van der Waals surface area (Å²) in [7, 11) is 1.48. The highest BCUT2D eigenvalue weighted by molar-refractivity contribution is 7.14. The van der Waals surface area contributed by atoms with Crippen LogP contribution in [0.25, 0.3) is 0 Å². The Morgan fingerprint density at radius 2 is 1.79 bits per heavy atom. The molecule has 0 atom stereocenters. The average Bonchev–Trinajstić information content (AvgIpc) is 3.07. The molecule has 0 fully saturated rings. The molecular weight excluding hydrogens is 394 g/mol. The Bertz CT molecular complexity index is 902. The molecule has 1 heterocycles. The van der Waals surface area contributed by atoms with Crippen molar-refractivity contribution in [1.82, 2.24) is 5.32 Å². The third kappa shape index (κ3) is 7.11. The summed E-state index contributed by atoms with van der Waals surface area (Å²) in [5.74, 6) is 0.00712. The Morgan fingerprint density at radius 3 is 2.41 bits per heavy atom. The second-order valence-corrected chi connectivity index (χ2v) is 8.34. The molecule has 0 saturated heterocycles. The lowest BCUT2D eigenvalue weighted by Crippen LogP contribution is -2.27. The van der Waals surface area contributed by atoms with Crippen LogP contribution in [0.3, 0.4) is 0 Å². The second-order valence-electron chi connectivity index (χ2n) is 7.17. The van der Waals surface area contributed by atoms with E-state index in [9.17, 15) is 14.4 Å². The monoisotopic (exact) mass is 419 g/mol. The second kappa shape index (κ2) is 9.42. The van der Waals surface area contributed by atoms with E-state index in [1.54, 1.807) is 51.1 Å². The quantitative estimate of drug-likeness (QED) is 0.656. The first-order chi connectivity index (χ1) is 13.6. The summed E-state index contributed by atoms with van der Waals surface area (Å²) in [5, 5.41) is 8.11. The van der Waals surface area contributed by atoms with E-state index in [-0.39, 0.29) is 11.8 Å². The van der Waals surface area contributed by atoms with Gasteiger partial charge in [-0.25, -0.2) is 4.79 Å². The van der Waals surface area contributed by atoms with Crippen molar-refractivity contribution in [2.75, 3.05) is 17.7 Å². The molecule has 2 rings (SSSR count). The predicted octanol–water partition coefficient (Wildman–Crippen LogP) is 3.99. The van der Waals surface area contributed by atoms with Gasteiger partial charge >= 0.3 is 6.09 Å². The minimum atomic E-state index is -0.642. The molecule has 1 aromatic heterocycles. The summed E-state index contributed by atoms with van der Waals surface area (Å²) in [6, 6.07) is 8.38. The van der Waals surface area contributed by atoms with Crippen LogP contribution < -0.4 is 20.7 Å². The number of hydrogen-bond acceptors (Lipinski definition) is 6. The Hall–Kier alpha value is -3.07. The lowest BCUT2D eigenvalue weighted by Gasteiger charge is -2.20. The molecule has 0 aliphatic rings. The van der Waals surface area contributed by atoms with Gasteiger partial charge in [0.25, 0.3) is 5.91 Å². The van der Waals surface area contributed by atoms with Crippen molar-refractivity contribution in [1.29, 1.82) is 0 Å². The predicted molar refractivity (Wildman–Crippen MR) is 113 cm³/mol. The van der Waals surface area contributed by atoms with Gasteiger partial charge < -0.3 is 20.1 Å². The first kappa shape index (κ1) is 22.2. The van der Waals surface area contributed by atoms with E-state index < -0.39 is 11.7 Å². The normalized spacial score (nSPS) is 10.8. The van der Waals surface area contributed by atoms with Gasteiger partial charge in [0, 0.05) is 17.5 Å². The summed E-state index contributed by atoms with van der Waals surface area (Å²) in [5.41, 5.74) is 0.216. The maximum atomic E-state index is 12.5. The van der Waals surface area contributed by atoms with Crippen molar-refractivity contribution < 1.29 is 23.9 Å². The van der Waals surface area contributed by atoms with Crippen molar-refractivity contribution in [3.05, 3.63) is 40.1 Å². The molecular formula is C20H25N3O5S. The maximum Gasteiger partial charge on any atom is 0.412 e. The number of carbonyl (C=O) groups is 3. The average molecular weight is 420 g/mol. The molecule has 156 valence electrons. The number of carbonyl (C=O) groups excluding carboxylic acids is 3. The Balaban J connectivity index is 2.09. The number of rotatable bonds is 6. The van der Waals surface area contributed by atoms with Crippen LogP contribution in [-0.2, 0) is 16.1 Å². The Labute approximate surface area is 173 Å². The standard InChI is InChI=1S/C20H25N3O5S/c1-12(24)21-11-14-7-9-17(29-14)18(25)22-13-6-8-16(27-5)15(10-13)23-19(26)28-20(2,3)4/h6-10H,11H2,1-5H3,(H,21,24)(H,22,25)(H,23,26). The largest absolute Gasteiger partial charge is 0.495 e. The van der Waals surface area contributed by atoms with E-state index in [0.29, 0.717) is 28.5 Å². The van der Waals surface area contributed by atoms with Gasteiger partial charge in [-0.1, -0.05) is 0 Å². The zero-order valence-corrected chi connectivity index (χ0v) is 17.9. The third-order valence-electron chi connectivity index (χ3n) is 3.49. The fourth-order valence-corrected chi connectivity index (χ4v) is 3.14. The number of ether oxygens (including phenoxy) is 2. The van der Waals surface area contributed by atoms with E-state index in [2.05, 4.69) is 16.0 Å². The molecule has 0 saturated carbocycles. The van der Waals surface area contributed by atoms with Gasteiger partial charge in [0.2, 0.25) is 5.91 Å². The minimum absolute atomic E-state index is 0.132. The lowest BCUT2D eigenvalue weighted by molar-refractivity contribution is -0.119. The zero-order valence-electron chi connectivity index (χ0n) is 17.0. The number of nitrogens with one attached hydrogen (secondary N) is 3. The van der Waals surface area contributed by atoms with E-state index in [1.165, 1.54) is 25.4 Å². The molecule has 0 spiro atoms. The number of hydrogen-bond donors (Lipinski definition) is 3. The van der Waals surface area contributed by atoms with Crippen LogP contribution >= 0.6 is 11.3 Å². The molecule has 0 aliphatic carbocycles. The number of methoxy groups -OCH3 is 1. The van der Waals surface area contributed by atoms with Crippen molar-refractivity contribution >= 4 is 40.6 Å². The molecule has 29 heavy (non-hydrogen) atoms. The molecule has 0 radical (unpaired) electrons. The molecule has 1 aromatic carbocycles. The summed E-state index contributed by atoms with van der Waals surface area (Å²) in [6.07, 6.45) is -0.625. The molecule has 0 unspecified atom stereocenters. The number of thiophene rings is 1. The minimum Gasteiger partial charge on any atom is -0.495 e. The van der Waals surface area contributed by atoms with Crippen LogP contribution in [0.5, 0.6) is 5.75 Å². The Kier molecular flexibility index (Phi) is 7.22. The van der Waals surface area contributed by atoms with Crippen molar-refractivity contribution in [3.63, 3.8) is 0 Å². The summed E-state index contributed by atoms with van der Waals surface area (Å²) < 4.78 is 10.5. The smallest absolute Gasteiger partial charge is 0.412 e. The molecule has 9 heteroatoms. The Morgan fingerprint density at radius 1 is 1.07 bits per heavy atom. The van der Waals surface area contributed by atoms with E-state index in [4.69, 9.17) is 9.47 Å². The van der Waals surface area contributed by atoms with Crippen LogP contribution in [0.2, 0.25) is 0 Å². The van der Waals surface area contributed by atoms with E-state index in [1.807, 2.05) is 0 Å². The zero-order chi connectivity index (χ0) is 21.6. The fraction of sp³-hybridized carbons (Fsp3) is 0.350. The SMILES string of the molecule is COc1ccc(NC(=O)c2ccc(CNC(C)=O)s2)cc1NC(=O)OC(C)(C)C. The van der Waals surface area contributed by atoms with Crippen LogP contribution in [0.4, 0.5) is 16.2 Å².